The van der Waals surface area contributed by atoms with Crippen LogP contribution in [0.5, 0.6) is 0 Å². The van der Waals surface area contributed by atoms with Gasteiger partial charge in [0.15, 0.2) is 0 Å². The highest BCUT2D eigenvalue weighted by Crippen LogP contribution is 1.88. The fraction of sp³-hybridized carbons (Fsp3) is 0.400. The van der Waals surface area contributed by atoms with Gasteiger partial charge in [-0.3, -0.25) is 0 Å². The first-order chi connectivity index (χ1) is 3.93. The van der Waals surface area contributed by atoms with Crippen LogP contribution in [-0.2, 0) is 6.42 Å². The first-order valence-electron chi connectivity index (χ1n) is 2.61. The predicted octanol–water partition coefficient (Wildman–Crippen LogP) is -0.914. The topological polar surface area (TPSA) is 86.2 Å². The van der Waals surface area contributed by atoms with Crippen molar-refractivity contribution in [1.29, 1.82) is 0 Å². The van der Waals surface area contributed by atoms with Crippen LogP contribution in [0, 0.1) is 0 Å². The van der Waals surface area contributed by atoms with Crippen LogP contribution in [-0.4, -0.2) is 22.0 Å². The van der Waals surface area contributed by atoms with E-state index in [1.54, 1.807) is 12.5 Å². The molecule has 0 fully saturated rings. The molecule has 1 rings (SSSR count). The van der Waals surface area contributed by atoms with Crippen molar-refractivity contribution < 1.29 is 5.48 Å². The highest BCUT2D eigenvalue weighted by atomic mass is 16.0. The van der Waals surface area contributed by atoms with E-state index in [9.17, 15) is 0 Å². The highest BCUT2D eigenvalue weighted by molar-refractivity contribution is 4.93. The molecule has 9 heavy (non-hydrogen) atoms. The maximum absolute atomic E-state index is 5.27. The van der Waals surface area contributed by atoms with Crippen molar-refractivity contribution in [1.82, 2.24) is 9.97 Å². The van der Waals surface area contributed by atoms with Gasteiger partial charge in [0, 0.05) is 18.3 Å². The zero-order valence-electron chi connectivity index (χ0n) is 5.09. The Morgan fingerprint density at radius 1 is 1.67 bits per heavy atom. The second kappa shape index (κ2) is 4.05. The molecule has 52 valence electrons. The number of hydrogen-bond acceptors (Lipinski definition) is 2. The van der Waals surface area contributed by atoms with Crippen molar-refractivity contribution in [2.75, 3.05) is 6.54 Å². The van der Waals surface area contributed by atoms with Gasteiger partial charge >= 0.3 is 0 Å². The van der Waals surface area contributed by atoms with Crippen LogP contribution >= 0.6 is 0 Å². The van der Waals surface area contributed by atoms with Crippen LogP contribution < -0.4 is 5.73 Å². The minimum absolute atomic E-state index is 0. The lowest BCUT2D eigenvalue weighted by Crippen LogP contribution is -2.02. The van der Waals surface area contributed by atoms with Crippen LogP contribution in [0.4, 0.5) is 0 Å². The molecule has 0 saturated heterocycles. The molecule has 0 aliphatic carbocycles. The normalized spacial score (nSPS) is 8.56. The highest BCUT2D eigenvalue weighted by Gasteiger charge is 1.86. The fourth-order valence-electron chi connectivity index (χ4n) is 0.577. The van der Waals surface area contributed by atoms with Crippen molar-refractivity contribution in [3.05, 3.63) is 18.2 Å². The predicted molar refractivity (Wildman–Crippen MR) is 35.0 cm³/mol. The maximum Gasteiger partial charge on any atom is 0.0921 e. The number of aromatic nitrogens is 2. The Bertz CT molecular complexity index is 138. The van der Waals surface area contributed by atoms with E-state index in [0.717, 1.165) is 12.1 Å². The third-order valence-electron chi connectivity index (χ3n) is 0.969. The van der Waals surface area contributed by atoms with Gasteiger partial charge in [0.05, 0.1) is 6.33 Å². The van der Waals surface area contributed by atoms with Crippen LogP contribution in [0.25, 0.3) is 0 Å². The second-order valence-corrected chi connectivity index (χ2v) is 1.62. The lowest BCUT2D eigenvalue weighted by Gasteiger charge is -1.86. The molecular formula is C5H11N3O. The van der Waals surface area contributed by atoms with Crippen molar-refractivity contribution in [3.8, 4) is 0 Å². The number of aromatic amines is 1. The average molecular weight is 129 g/mol. The average Bonchev–Trinajstić information content (AvgIpc) is 2.19. The second-order valence-electron chi connectivity index (χ2n) is 1.62. The van der Waals surface area contributed by atoms with Gasteiger partial charge in [-0.2, -0.15) is 0 Å². The summed E-state index contributed by atoms with van der Waals surface area (Å²) >= 11 is 0. The molecule has 0 aliphatic rings. The van der Waals surface area contributed by atoms with Crippen LogP contribution in [0.15, 0.2) is 12.5 Å². The number of nitrogens with zero attached hydrogens (tertiary/aromatic N) is 1. The number of nitrogens with two attached hydrogens (primary N) is 1. The summed E-state index contributed by atoms with van der Waals surface area (Å²) in [6.07, 6.45) is 4.33. The molecule has 4 nitrogen and oxygen atoms in total. The fourth-order valence-corrected chi connectivity index (χ4v) is 0.577. The molecule has 1 aromatic rings. The van der Waals surface area contributed by atoms with Crippen LogP contribution in [0.1, 0.15) is 5.69 Å². The van der Waals surface area contributed by atoms with E-state index in [1.807, 2.05) is 0 Å². The van der Waals surface area contributed by atoms with Gasteiger partial charge in [-0.15, -0.1) is 0 Å². The Morgan fingerprint density at radius 3 is 2.89 bits per heavy atom. The summed E-state index contributed by atoms with van der Waals surface area (Å²) in [5.41, 5.74) is 6.38. The first-order valence-corrected chi connectivity index (χ1v) is 2.61. The molecule has 0 aliphatic heterocycles. The summed E-state index contributed by atoms with van der Waals surface area (Å²) < 4.78 is 0. The number of imidazole rings is 1. The summed E-state index contributed by atoms with van der Waals surface area (Å²) in [5.74, 6) is 0. The molecular weight excluding hydrogens is 118 g/mol. The molecule has 0 unspecified atom stereocenters. The number of hydrogen-bond donors (Lipinski definition) is 2. The van der Waals surface area contributed by atoms with Crippen LogP contribution in [0.3, 0.4) is 0 Å². The summed E-state index contributed by atoms with van der Waals surface area (Å²) in [6, 6.07) is 0. The molecule has 1 aromatic heterocycles. The van der Waals surface area contributed by atoms with E-state index >= 15 is 0 Å². The minimum atomic E-state index is 0. The molecule has 0 radical (unpaired) electrons. The molecule has 0 atom stereocenters. The molecule has 0 bridgehead atoms. The Balaban J connectivity index is 0.000000640. The Morgan fingerprint density at radius 2 is 2.44 bits per heavy atom. The van der Waals surface area contributed by atoms with Gasteiger partial charge in [-0.05, 0) is 6.54 Å². The lowest BCUT2D eigenvalue weighted by molar-refractivity contribution is 0.824. The van der Waals surface area contributed by atoms with Crippen molar-refractivity contribution >= 4 is 0 Å². The van der Waals surface area contributed by atoms with Gasteiger partial charge in [-0.25, -0.2) is 4.98 Å². The van der Waals surface area contributed by atoms with Gasteiger partial charge in [0.2, 0.25) is 0 Å². The SMILES string of the molecule is NCCc1cnc[nH]1.O. The zero-order chi connectivity index (χ0) is 5.82. The van der Waals surface area contributed by atoms with E-state index in [-0.39, 0.29) is 5.48 Å². The van der Waals surface area contributed by atoms with E-state index < -0.39 is 0 Å². The van der Waals surface area contributed by atoms with E-state index in [0.29, 0.717) is 6.54 Å². The first kappa shape index (κ1) is 8.13. The van der Waals surface area contributed by atoms with Gasteiger partial charge in [-0.1, -0.05) is 0 Å². The molecule has 0 saturated carbocycles. The quantitative estimate of drug-likeness (QED) is 0.541. The van der Waals surface area contributed by atoms with Crippen molar-refractivity contribution in [3.63, 3.8) is 0 Å². The minimum Gasteiger partial charge on any atom is -0.412 e. The third-order valence-corrected chi connectivity index (χ3v) is 0.969. The van der Waals surface area contributed by atoms with Gasteiger partial charge in [0.25, 0.3) is 0 Å². The number of rotatable bonds is 2. The van der Waals surface area contributed by atoms with Crippen molar-refractivity contribution in [2.45, 2.75) is 6.42 Å². The number of H-pyrrole nitrogens is 1. The Labute approximate surface area is 53.4 Å². The Hall–Kier alpha value is -0.870. The third kappa shape index (κ3) is 2.25. The summed E-state index contributed by atoms with van der Waals surface area (Å²) in [7, 11) is 0. The van der Waals surface area contributed by atoms with Gasteiger partial charge in [0.1, 0.15) is 0 Å². The van der Waals surface area contributed by atoms with E-state index in [4.69, 9.17) is 5.73 Å². The molecule has 0 spiro atoms. The molecule has 4 heteroatoms. The maximum atomic E-state index is 5.27. The Kier molecular flexibility index (Phi) is 3.66. The van der Waals surface area contributed by atoms with E-state index in [1.165, 1.54) is 0 Å². The molecule has 1 heterocycles. The van der Waals surface area contributed by atoms with Crippen LogP contribution in [0.2, 0.25) is 0 Å². The smallest absolute Gasteiger partial charge is 0.0921 e. The van der Waals surface area contributed by atoms with Gasteiger partial charge < -0.3 is 16.2 Å². The number of nitrogens with one attached hydrogen (secondary N) is 1. The monoisotopic (exact) mass is 129 g/mol. The summed E-state index contributed by atoms with van der Waals surface area (Å²) in [6.45, 7) is 0.683. The lowest BCUT2D eigenvalue weighted by atomic mass is 10.3. The van der Waals surface area contributed by atoms with Crippen molar-refractivity contribution in [2.24, 2.45) is 5.73 Å². The molecule has 0 amide bonds. The zero-order valence-corrected chi connectivity index (χ0v) is 5.09. The molecule has 5 N–H and O–H groups in total. The standard InChI is InChI=1S/C5H9N3.H2O/c6-2-1-5-3-7-4-8-5;/h3-4H,1-2,6H2,(H,7,8);1H2. The summed E-state index contributed by atoms with van der Waals surface area (Å²) in [5, 5.41) is 0. The largest absolute Gasteiger partial charge is 0.412 e. The molecule has 0 aromatic carbocycles. The van der Waals surface area contributed by atoms with E-state index in [2.05, 4.69) is 9.97 Å². The summed E-state index contributed by atoms with van der Waals surface area (Å²) in [4.78, 5) is 6.78.